The third-order valence-electron chi connectivity index (χ3n) is 5.83. The minimum absolute atomic E-state index is 0.676. The summed E-state index contributed by atoms with van der Waals surface area (Å²) in [5, 5.41) is 3.74. The monoisotopic (exact) mass is 270 g/mol. The third-order valence-corrected chi connectivity index (χ3v) is 5.83. The summed E-state index contributed by atoms with van der Waals surface area (Å²) < 4.78 is 0. The lowest BCUT2D eigenvalue weighted by atomic mass is 9.80. The maximum absolute atomic E-state index is 3.74. The molecule has 0 saturated carbocycles. The van der Waals surface area contributed by atoms with Gasteiger partial charge >= 0.3 is 0 Å². The van der Waals surface area contributed by atoms with Gasteiger partial charge in [-0.05, 0) is 55.2 Å². The van der Waals surface area contributed by atoms with E-state index in [1.165, 1.54) is 45.3 Å². The van der Waals surface area contributed by atoms with Crippen molar-refractivity contribution in [3.8, 4) is 0 Å². The SMILES string of the molecule is CC1CCC(N2CC3CCCNC3C2)c2ccccc21. The fourth-order valence-electron chi connectivity index (χ4n) is 4.70. The second-order valence-corrected chi connectivity index (χ2v) is 7.04. The molecule has 1 N–H and O–H groups in total. The van der Waals surface area contributed by atoms with Crippen molar-refractivity contribution >= 4 is 0 Å². The van der Waals surface area contributed by atoms with Gasteiger partial charge in [-0.3, -0.25) is 4.90 Å². The molecule has 2 nitrogen and oxygen atoms in total. The highest BCUT2D eigenvalue weighted by molar-refractivity contribution is 5.35. The van der Waals surface area contributed by atoms with Crippen LogP contribution in [0.2, 0.25) is 0 Å². The summed E-state index contributed by atoms with van der Waals surface area (Å²) in [6.07, 6.45) is 5.49. The van der Waals surface area contributed by atoms with Gasteiger partial charge in [0.25, 0.3) is 0 Å². The predicted molar refractivity (Wildman–Crippen MR) is 82.9 cm³/mol. The maximum Gasteiger partial charge on any atom is 0.0351 e. The van der Waals surface area contributed by atoms with Crippen LogP contribution in [0.25, 0.3) is 0 Å². The molecule has 20 heavy (non-hydrogen) atoms. The molecule has 2 aliphatic heterocycles. The summed E-state index contributed by atoms with van der Waals surface area (Å²) in [7, 11) is 0. The maximum atomic E-state index is 3.74. The molecule has 0 bridgehead atoms. The first-order chi connectivity index (χ1) is 9.83. The Kier molecular flexibility index (Phi) is 3.31. The topological polar surface area (TPSA) is 15.3 Å². The van der Waals surface area contributed by atoms with Crippen LogP contribution in [0, 0.1) is 5.92 Å². The number of nitrogens with one attached hydrogen (secondary N) is 1. The number of benzene rings is 1. The van der Waals surface area contributed by atoms with Crippen LogP contribution in [-0.2, 0) is 0 Å². The highest BCUT2D eigenvalue weighted by Crippen LogP contribution is 2.42. The first-order valence-corrected chi connectivity index (χ1v) is 8.39. The zero-order valence-electron chi connectivity index (χ0n) is 12.5. The lowest BCUT2D eigenvalue weighted by Crippen LogP contribution is -2.41. The van der Waals surface area contributed by atoms with Gasteiger partial charge in [0.15, 0.2) is 0 Å². The molecule has 2 heterocycles. The summed E-state index contributed by atoms with van der Waals surface area (Å²) >= 11 is 0. The summed E-state index contributed by atoms with van der Waals surface area (Å²) in [4.78, 5) is 2.78. The van der Waals surface area contributed by atoms with Gasteiger partial charge in [0.2, 0.25) is 0 Å². The van der Waals surface area contributed by atoms with Crippen LogP contribution >= 0.6 is 0 Å². The Morgan fingerprint density at radius 3 is 2.75 bits per heavy atom. The molecule has 4 atom stereocenters. The van der Waals surface area contributed by atoms with E-state index in [2.05, 4.69) is 41.4 Å². The predicted octanol–water partition coefficient (Wildman–Crippen LogP) is 3.31. The van der Waals surface area contributed by atoms with Crippen molar-refractivity contribution in [1.82, 2.24) is 10.2 Å². The molecule has 2 heteroatoms. The second-order valence-electron chi connectivity index (χ2n) is 7.04. The molecule has 0 spiro atoms. The average Bonchev–Trinajstić information content (AvgIpc) is 2.91. The standard InChI is InChI=1S/C18H26N2/c1-13-8-9-18(16-7-3-2-6-15(13)16)20-11-14-5-4-10-19-17(14)12-20/h2-3,6-7,13-14,17-19H,4-5,8-12H2,1H3. The van der Waals surface area contributed by atoms with E-state index < -0.39 is 0 Å². The Morgan fingerprint density at radius 1 is 1.05 bits per heavy atom. The molecule has 2 saturated heterocycles. The van der Waals surface area contributed by atoms with Gasteiger partial charge in [0.05, 0.1) is 0 Å². The summed E-state index contributed by atoms with van der Waals surface area (Å²) in [5.74, 6) is 1.64. The molecule has 1 aliphatic carbocycles. The van der Waals surface area contributed by atoms with Crippen LogP contribution < -0.4 is 5.32 Å². The molecule has 4 rings (SSSR count). The van der Waals surface area contributed by atoms with Gasteiger partial charge in [-0.1, -0.05) is 31.2 Å². The van der Waals surface area contributed by atoms with Gasteiger partial charge in [0, 0.05) is 25.2 Å². The lowest BCUT2D eigenvalue weighted by molar-refractivity contribution is 0.206. The molecular formula is C18H26N2. The Hall–Kier alpha value is -0.860. The molecule has 0 radical (unpaired) electrons. The Bertz CT molecular complexity index is 470. The van der Waals surface area contributed by atoms with Gasteiger partial charge in [0.1, 0.15) is 0 Å². The molecule has 0 aromatic heterocycles. The van der Waals surface area contributed by atoms with Crippen LogP contribution in [0.4, 0.5) is 0 Å². The quantitative estimate of drug-likeness (QED) is 0.842. The fraction of sp³-hybridized carbons (Fsp3) is 0.667. The zero-order valence-corrected chi connectivity index (χ0v) is 12.5. The van der Waals surface area contributed by atoms with E-state index in [4.69, 9.17) is 0 Å². The van der Waals surface area contributed by atoms with E-state index in [0.29, 0.717) is 6.04 Å². The fourth-order valence-corrected chi connectivity index (χ4v) is 4.70. The van der Waals surface area contributed by atoms with Crippen LogP contribution in [0.5, 0.6) is 0 Å². The van der Waals surface area contributed by atoms with E-state index in [1.54, 1.807) is 11.1 Å². The van der Waals surface area contributed by atoms with E-state index in [1.807, 2.05) is 0 Å². The number of piperidine rings is 1. The summed E-state index contributed by atoms with van der Waals surface area (Å²) in [5.41, 5.74) is 3.22. The highest BCUT2D eigenvalue weighted by atomic mass is 15.2. The molecule has 3 aliphatic rings. The molecule has 108 valence electrons. The molecule has 4 unspecified atom stereocenters. The normalized spacial score (nSPS) is 37.5. The second kappa shape index (κ2) is 5.16. The minimum Gasteiger partial charge on any atom is -0.312 e. The highest BCUT2D eigenvalue weighted by Gasteiger charge is 2.39. The summed E-state index contributed by atoms with van der Waals surface area (Å²) in [6.45, 7) is 6.19. The van der Waals surface area contributed by atoms with Crippen molar-refractivity contribution in [2.75, 3.05) is 19.6 Å². The third kappa shape index (κ3) is 2.10. The van der Waals surface area contributed by atoms with Crippen molar-refractivity contribution in [3.63, 3.8) is 0 Å². The largest absolute Gasteiger partial charge is 0.312 e. The van der Waals surface area contributed by atoms with Crippen LogP contribution in [0.1, 0.15) is 55.7 Å². The first kappa shape index (κ1) is 12.8. The van der Waals surface area contributed by atoms with Gasteiger partial charge in [-0.25, -0.2) is 0 Å². The minimum atomic E-state index is 0.676. The molecular weight excluding hydrogens is 244 g/mol. The van der Waals surface area contributed by atoms with Crippen molar-refractivity contribution in [2.45, 2.75) is 50.6 Å². The average molecular weight is 270 g/mol. The smallest absolute Gasteiger partial charge is 0.0351 e. The molecule has 2 fully saturated rings. The number of fused-ring (bicyclic) bond motifs is 2. The summed E-state index contributed by atoms with van der Waals surface area (Å²) in [6, 6.07) is 10.6. The Labute approximate surface area is 122 Å². The number of likely N-dealkylation sites (tertiary alicyclic amines) is 1. The van der Waals surface area contributed by atoms with E-state index in [0.717, 1.165) is 17.9 Å². The first-order valence-electron chi connectivity index (χ1n) is 8.39. The number of hydrogen-bond donors (Lipinski definition) is 1. The number of nitrogens with zero attached hydrogens (tertiary/aromatic N) is 1. The lowest BCUT2D eigenvalue weighted by Gasteiger charge is -2.36. The Morgan fingerprint density at radius 2 is 1.90 bits per heavy atom. The van der Waals surface area contributed by atoms with E-state index in [9.17, 15) is 0 Å². The van der Waals surface area contributed by atoms with Crippen molar-refractivity contribution in [3.05, 3.63) is 35.4 Å². The Balaban J connectivity index is 1.59. The van der Waals surface area contributed by atoms with Gasteiger partial charge < -0.3 is 5.32 Å². The van der Waals surface area contributed by atoms with Gasteiger partial charge in [-0.15, -0.1) is 0 Å². The van der Waals surface area contributed by atoms with Crippen molar-refractivity contribution in [1.29, 1.82) is 0 Å². The molecule has 1 aromatic rings. The van der Waals surface area contributed by atoms with Crippen molar-refractivity contribution in [2.24, 2.45) is 5.92 Å². The molecule has 1 aromatic carbocycles. The van der Waals surface area contributed by atoms with Crippen molar-refractivity contribution < 1.29 is 0 Å². The van der Waals surface area contributed by atoms with Crippen LogP contribution in [0.15, 0.2) is 24.3 Å². The number of rotatable bonds is 1. The van der Waals surface area contributed by atoms with E-state index in [-0.39, 0.29) is 0 Å². The number of hydrogen-bond acceptors (Lipinski definition) is 2. The zero-order chi connectivity index (χ0) is 13.5. The van der Waals surface area contributed by atoms with Crippen LogP contribution in [-0.4, -0.2) is 30.6 Å². The van der Waals surface area contributed by atoms with Crippen LogP contribution in [0.3, 0.4) is 0 Å². The van der Waals surface area contributed by atoms with Gasteiger partial charge in [-0.2, -0.15) is 0 Å². The van der Waals surface area contributed by atoms with E-state index >= 15 is 0 Å². The molecule has 0 amide bonds.